The summed E-state index contributed by atoms with van der Waals surface area (Å²) >= 11 is 0. The molecule has 0 aromatic heterocycles. The number of benzene rings is 1. The third-order valence-electron chi connectivity index (χ3n) is 2.40. The van der Waals surface area contributed by atoms with Crippen LogP contribution >= 0.6 is 0 Å². The van der Waals surface area contributed by atoms with Gasteiger partial charge >= 0.3 is 0 Å². The third kappa shape index (κ3) is 2.45. The van der Waals surface area contributed by atoms with Gasteiger partial charge in [0.05, 0.1) is 0 Å². The van der Waals surface area contributed by atoms with E-state index >= 15 is 0 Å². The average Bonchev–Trinajstić information content (AvgIpc) is 2.02. The van der Waals surface area contributed by atoms with E-state index in [1.165, 1.54) is 22.3 Å². The molecule has 1 radical (unpaired) electrons. The van der Waals surface area contributed by atoms with Crippen LogP contribution in [0.4, 0.5) is 0 Å². The van der Waals surface area contributed by atoms with E-state index < -0.39 is 0 Å². The minimum absolute atomic E-state index is 0.963. The first-order chi connectivity index (χ1) is 6.15. The lowest BCUT2D eigenvalue weighted by Crippen LogP contribution is -1.94. The highest BCUT2D eigenvalue weighted by Crippen LogP contribution is 2.17. The Balaban J connectivity index is 2.98. The molecular formula is C13H17. The van der Waals surface area contributed by atoms with Gasteiger partial charge in [-0.3, -0.25) is 0 Å². The van der Waals surface area contributed by atoms with Crippen LogP contribution in [0.15, 0.2) is 18.2 Å². The van der Waals surface area contributed by atoms with Crippen LogP contribution in [-0.2, 0) is 6.42 Å². The largest absolute Gasteiger partial charge is 0.0842 e. The lowest BCUT2D eigenvalue weighted by atomic mass is 9.96. The van der Waals surface area contributed by atoms with E-state index in [2.05, 4.69) is 32.9 Å². The number of aryl methyl sites for hydroxylation is 3. The molecule has 0 fully saturated rings. The summed E-state index contributed by atoms with van der Waals surface area (Å²) in [6.45, 7) is 11.9. The van der Waals surface area contributed by atoms with Gasteiger partial charge < -0.3 is 0 Å². The van der Waals surface area contributed by atoms with Crippen LogP contribution < -0.4 is 0 Å². The van der Waals surface area contributed by atoms with E-state index in [-0.39, 0.29) is 0 Å². The topological polar surface area (TPSA) is 0 Å². The van der Waals surface area contributed by atoms with Crippen molar-refractivity contribution in [1.82, 2.24) is 0 Å². The molecule has 0 aliphatic heterocycles. The molecule has 0 N–H and O–H groups in total. The van der Waals surface area contributed by atoms with Gasteiger partial charge in [-0.2, -0.15) is 0 Å². The number of rotatable bonds is 3. The van der Waals surface area contributed by atoms with Gasteiger partial charge in [-0.1, -0.05) is 30.4 Å². The maximum Gasteiger partial charge on any atom is -0.0239 e. The van der Waals surface area contributed by atoms with Crippen molar-refractivity contribution < 1.29 is 0 Å². The molecule has 0 saturated carbocycles. The molecule has 0 unspecified atom stereocenters. The molecule has 0 atom stereocenters. The van der Waals surface area contributed by atoms with Gasteiger partial charge in [0.25, 0.3) is 0 Å². The van der Waals surface area contributed by atoms with Gasteiger partial charge in [0.2, 0.25) is 0 Å². The van der Waals surface area contributed by atoms with Crippen molar-refractivity contribution in [3.05, 3.63) is 47.0 Å². The summed E-state index contributed by atoms with van der Waals surface area (Å²) in [5.74, 6) is 0. The Kier molecular flexibility index (Phi) is 3.30. The summed E-state index contributed by atoms with van der Waals surface area (Å²) in [4.78, 5) is 0. The zero-order chi connectivity index (χ0) is 9.84. The molecule has 0 spiro atoms. The second-order valence-electron chi connectivity index (χ2n) is 3.65. The van der Waals surface area contributed by atoms with Gasteiger partial charge in [0.15, 0.2) is 0 Å². The van der Waals surface area contributed by atoms with Crippen molar-refractivity contribution in [2.45, 2.75) is 33.6 Å². The van der Waals surface area contributed by atoms with Gasteiger partial charge in [-0.15, -0.1) is 0 Å². The predicted octanol–water partition coefficient (Wildman–Crippen LogP) is 3.53. The number of hydrogen-bond acceptors (Lipinski definition) is 0. The molecule has 0 saturated heterocycles. The lowest BCUT2D eigenvalue weighted by molar-refractivity contribution is 0.970. The van der Waals surface area contributed by atoms with Crippen LogP contribution in [0.2, 0.25) is 0 Å². The molecule has 0 nitrogen and oxygen atoms in total. The highest BCUT2D eigenvalue weighted by Gasteiger charge is 2.01. The second-order valence-corrected chi connectivity index (χ2v) is 3.65. The summed E-state index contributed by atoms with van der Waals surface area (Å²) in [6, 6.07) is 4.47. The van der Waals surface area contributed by atoms with E-state index in [0.717, 1.165) is 12.8 Å². The van der Waals surface area contributed by atoms with Crippen LogP contribution in [0.5, 0.6) is 0 Å². The first kappa shape index (κ1) is 10.0. The minimum Gasteiger partial charge on any atom is -0.0842 e. The fourth-order valence-corrected chi connectivity index (χ4v) is 1.83. The maximum absolute atomic E-state index is 5.38. The minimum atomic E-state index is 0.963. The second kappa shape index (κ2) is 4.27. The molecular weight excluding hydrogens is 156 g/mol. The quantitative estimate of drug-likeness (QED) is 0.656. The summed E-state index contributed by atoms with van der Waals surface area (Å²) in [5.41, 5.74) is 5.57. The van der Waals surface area contributed by atoms with Crippen molar-refractivity contribution in [2.75, 3.05) is 0 Å². The first-order valence-electron chi connectivity index (χ1n) is 4.75. The van der Waals surface area contributed by atoms with Crippen molar-refractivity contribution in [3.63, 3.8) is 0 Å². The smallest absolute Gasteiger partial charge is 0.0239 e. The molecule has 1 aromatic rings. The Hall–Kier alpha value is -1.04. The van der Waals surface area contributed by atoms with Crippen LogP contribution in [0.25, 0.3) is 0 Å². The third-order valence-corrected chi connectivity index (χ3v) is 2.40. The zero-order valence-corrected chi connectivity index (χ0v) is 8.72. The first-order valence-corrected chi connectivity index (χ1v) is 4.75. The molecule has 0 heteroatoms. The number of hydrogen-bond donors (Lipinski definition) is 0. The van der Waals surface area contributed by atoms with E-state index in [9.17, 15) is 0 Å². The molecule has 0 amide bonds. The molecule has 1 rings (SSSR count). The summed E-state index contributed by atoms with van der Waals surface area (Å²) in [7, 11) is 0. The van der Waals surface area contributed by atoms with Crippen molar-refractivity contribution in [1.29, 1.82) is 0 Å². The average molecular weight is 173 g/mol. The Morgan fingerprint density at radius 2 is 1.69 bits per heavy atom. The normalized spacial score (nSPS) is 10.1. The monoisotopic (exact) mass is 173 g/mol. The number of allylic oxidation sites excluding steroid dienone is 1. The molecule has 0 bridgehead atoms. The molecule has 0 heterocycles. The van der Waals surface area contributed by atoms with Crippen LogP contribution in [0.3, 0.4) is 0 Å². The van der Waals surface area contributed by atoms with Gasteiger partial charge in [0.1, 0.15) is 0 Å². The van der Waals surface area contributed by atoms with E-state index in [1.807, 2.05) is 0 Å². The standard InChI is InChI=1S/C13H17/c1-5-6-7-13-11(3)8-10(2)9-12(13)4/h1,5,8-9H,6-7H2,2-4H3. The van der Waals surface area contributed by atoms with E-state index in [1.54, 1.807) is 6.08 Å². The fourth-order valence-electron chi connectivity index (χ4n) is 1.83. The lowest BCUT2D eigenvalue weighted by Gasteiger charge is -2.09. The van der Waals surface area contributed by atoms with Crippen molar-refractivity contribution in [3.8, 4) is 0 Å². The molecule has 0 aliphatic carbocycles. The van der Waals surface area contributed by atoms with Gasteiger partial charge in [-0.05, 0) is 50.3 Å². The maximum atomic E-state index is 5.38. The van der Waals surface area contributed by atoms with E-state index in [0.29, 0.717) is 0 Å². The Morgan fingerprint density at radius 3 is 2.15 bits per heavy atom. The SMILES string of the molecule is [CH]=CCCc1c(C)cc(C)cc1C. The highest BCUT2D eigenvalue weighted by molar-refractivity contribution is 5.37. The van der Waals surface area contributed by atoms with Crippen molar-refractivity contribution >= 4 is 0 Å². The molecule has 0 aliphatic rings. The summed E-state index contributed by atoms with van der Waals surface area (Å²) in [5, 5.41) is 0. The Bertz CT molecular complexity index is 285. The molecule has 1 aromatic carbocycles. The van der Waals surface area contributed by atoms with Crippen LogP contribution in [-0.4, -0.2) is 0 Å². The zero-order valence-electron chi connectivity index (χ0n) is 8.72. The fraction of sp³-hybridized carbons (Fsp3) is 0.385. The van der Waals surface area contributed by atoms with Gasteiger partial charge in [0, 0.05) is 0 Å². The summed E-state index contributed by atoms with van der Waals surface area (Å²) in [6.07, 6.45) is 3.76. The highest BCUT2D eigenvalue weighted by atomic mass is 14.1. The molecule has 69 valence electrons. The van der Waals surface area contributed by atoms with E-state index in [4.69, 9.17) is 6.58 Å². The van der Waals surface area contributed by atoms with Crippen LogP contribution in [0.1, 0.15) is 28.7 Å². The van der Waals surface area contributed by atoms with Crippen molar-refractivity contribution in [2.24, 2.45) is 0 Å². The summed E-state index contributed by atoms with van der Waals surface area (Å²) < 4.78 is 0. The Morgan fingerprint density at radius 1 is 1.15 bits per heavy atom. The van der Waals surface area contributed by atoms with Gasteiger partial charge in [-0.25, -0.2) is 0 Å². The van der Waals surface area contributed by atoms with Crippen LogP contribution in [0, 0.1) is 27.4 Å². The Labute approximate surface area is 81.3 Å². The predicted molar refractivity (Wildman–Crippen MR) is 57.8 cm³/mol. The molecule has 13 heavy (non-hydrogen) atoms.